The Hall–Kier alpha value is -1.85. The van der Waals surface area contributed by atoms with Gasteiger partial charge in [-0.15, -0.1) is 0 Å². The largest absolute Gasteiger partial charge is 0.465 e. The Kier molecular flexibility index (Phi) is 3.43. The summed E-state index contributed by atoms with van der Waals surface area (Å²) in [5, 5.41) is 0. The van der Waals surface area contributed by atoms with E-state index in [1.807, 2.05) is 0 Å². The topological polar surface area (TPSA) is 70.3 Å². The zero-order valence-electron chi connectivity index (χ0n) is 8.60. The van der Waals surface area contributed by atoms with Crippen LogP contribution in [0.5, 0.6) is 0 Å². The fourth-order valence-corrected chi connectivity index (χ4v) is 1.10. The fourth-order valence-electron chi connectivity index (χ4n) is 1.10. The highest BCUT2D eigenvalue weighted by Crippen LogP contribution is 1.81. The van der Waals surface area contributed by atoms with Crippen LogP contribution in [0.3, 0.4) is 0 Å². The summed E-state index contributed by atoms with van der Waals surface area (Å²) >= 11 is 0. The van der Waals surface area contributed by atoms with E-state index in [9.17, 15) is 14.4 Å². The third-order valence-corrected chi connectivity index (χ3v) is 1.83. The molecular formula is C9H12N2O4. The van der Waals surface area contributed by atoms with Crippen LogP contribution in [0.4, 0.5) is 0 Å². The standard InChI is InChI=1S/C9H12N2O4/c1-3-15-8(13)6-11-7(12)4-5-10(2)9(11)14/h4-5H,3,6H2,1-2H3. The minimum absolute atomic E-state index is 0.223. The summed E-state index contributed by atoms with van der Waals surface area (Å²) in [6.45, 7) is 1.53. The summed E-state index contributed by atoms with van der Waals surface area (Å²) in [6.07, 6.45) is 1.35. The van der Waals surface area contributed by atoms with Gasteiger partial charge in [-0.2, -0.15) is 0 Å². The van der Waals surface area contributed by atoms with Crippen molar-refractivity contribution < 1.29 is 9.53 Å². The van der Waals surface area contributed by atoms with Gasteiger partial charge in [0.15, 0.2) is 0 Å². The first-order valence-electron chi connectivity index (χ1n) is 4.48. The minimum atomic E-state index is -0.595. The van der Waals surface area contributed by atoms with Crippen molar-refractivity contribution in [2.45, 2.75) is 13.5 Å². The normalized spacial score (nSPS) is 10.0. The second kappa shape index (κ2) is 4.59. The van der Waals surface area contributed by atoms with Crippen LogP contribution >= 0.6 is 0 Å². The van der Waals surface area contributed by atoms with Crippen LogP contribution in [0.15, 0.2) is 21.9 Å². The molecule has 15 heavy (non-hydrogen) atoms. The lowest BCUT2D eigenvalue weighted by Gasteiger charge is -2.05. The first-order chi connectivity index (χ1) is 7.06. The van der Waals surface area contributed by atoms with Crippen LogP contribution in [0.1, 0.15) is 6.92 Å². The van der Waals surface area contributed by atoms with Gasteiger partial charge in [0.1, 0.15) is 6.54 Å². The van der Waals surface area contributed by atoms with Gasteiger partial charge in [-0.25, -0.2) is 9.36 Å². The Balaban J connectivity index is 3.05. The molecule has 0 amide bonds. The van der Waals surface area contributed by atoms with Crippen molar-refractivity contribution in [2.75, 3.05) is 6.61 Å². The monoisotopic (exact) mass is 212 g/mol. The zero-order valence-corrected chi connectivity index (χ0v) is 8.60. The Morgan fingerprint density at radius 2 is 2.13 bits per heavy atom. The Labute approximate surface area is 85.7 Å². The number of rotatable bonds is 3. The number of hydrogen-bond donors (Lipinski definition) is 0. The van der Waals surface area contributed by atoms with E-state index in [1.165, 1.54) is 23.9 Å². The van der Waals surface area contributed by atoms with E-state index in [0.29, 0.717) is 0 Å². The third kappa shape index (κ3) is 2.55. The maximum atomic E-state index is 11.4. The molecule has 6 nitrogen and oxygen atoms in total. The second-order valence-corrected chi connectivity index (χ2v) is 2.94. The number of aromatic nitrogens is 2. The number of aryl methyl sites for hydroxylation is 1. The molecule has 6 heteroatoms. The van der Waals surface area contributed by atoms with Crippen molar-refractivity contribution in [3.63, 3.8) is 0 Å². The van der Waals surface area contributed by atoms with E-state index >= 15 is 0 Å². The molecule has 1 heterocycles. The zero-order chi connectivity index (χ0) is 11.4. The predicted molar refractivity (Wildman–Crippen MR) is 52.6 cm³/mol. The van der Waals surface area contributed by atoms with Gasteiger partial charge in [-0.1, -0.05) is 0 Å². The van der Waals surface area contributed by atoms with Crippen LogP contribution < -0.4 is 11.2 Å². The molecule has 0 fully saturated rings. The molecule has 0 saturated carbocycles. The maximum Gasteiger partial charge on any atom is 0.331 e. The molecule has 0 bridgehead atoms. The third-order valence-electron chi connectivity index (χ3n) is 1.83. The summed E-state index contributed by atoms with van der Waals surface area (Å²) < 4.78 is 6.70. The predicted octanol–water partition coefficient (Wildman–Crippen LogP) is -0.890. The van der Waals surface area contributed by atoms with Crippen molar-refractivity contribution in [1.29, 1.82) is 0 Å². The smallest absolute Gasteiger partial charge is 0.331 e. The highest BCUT2D eigenvalue weighted by atomic mass is 16.5. The Morgan fingerprint density at radius 1 is 1.47 bits per heavy atom. The molecule has 0 radical (unpaired) electrons. The second-order valence-electron chi connectivity index (χ2n) is 2.94. The lowest BCUT2D eigenvalue weighted by Crippen LogP contribution is -2.40. The molecule has 0 aromatic carbocycles. The molecule has 1 aromatic heterocycles. The van der Waals surface area contributed by atoms with Crippen LogP contribution in [0.2, 0.25) is 0 Å². The highest BCUT2D eigenvalue weighted by molar-refractivity contribution is 5.69. The van der Waals surface area contributed by atoms with Gasteiger partial charge in [0.25, 0.3) is 5.56 Å². The van der Waals surface area contributed by atoms with Gasteiger partial charge in [0, 0.05) is 19.3 Å². The average Bonchev–Trinajstić information content (AvgIpc) is 2.19. The lowest BCUT2D eigenvalue weighted by molar-refractivity contribution is -0.143. The first kappa shape index (κ1) is 11.2. The van der Waals surface area contributed by atoms with Gasteiger partial charge >= 0.3 is 11.7 Å². The van der Waals surface area contributed by atoms with Gasteiger partial charge in [-0.3, -0.25) is 9.59 Å². The van der Waals surface area contributed by atoms with Crippen LogP contribution in [-0.2, 0) is 23.1 Å². The first-order valence-corrected chi connectivity index (χ1v) is 4.48. The Bertz CT molecular complexity index is 472. The summed E-state index contributed by atoms with van der Waals surface area (Å²) in [6, 6.07) is 1.22. The van der Waals surface area contributed by atoms with E-state index in [4.69, 9.17) is 0 Å². The van der Waals surface area contributed by atoms with Crippen molar-refractivity contribution in [3.05, 3.63) is 33.1 Å². The molecule has 0 aliphatic carbocycles. The summed E-state index contributed by atoms with van der Waals surface area (Å²) in [4.78, 5) is 33.8. The number of carbonyl (C=O) groups is 1. The number of carbonyl (C=O) groups excluding carboxylic acids is 1. The van der Waals surface area contributed by atoms with E-state index in [-0.39, 0.29) is 13.2 Å². The van der Waals surface area contributed by atoms with Crippen LogP contribution in [-0.4, -0.2) is 21.7 Å². The molecule has 0 aliphatic heterocycles. The molecule has 0 atom stereocenters. The SMILES string of the molecule is CCOC(=O)Cn1c(=O)ccn(C)c1=O. The minimum Gasteiger partial charge on any atom is -0.465 e. The van der Waals surface area contributed by atoms with E-state index in [2.05, 4.69) is 4.74 Å². The Morgan fingerprint density at radius 3 is 2.73 bits per heavy atom. The highest BCUT2D eigenvalue weighted by Gasteiger charge is 2.08. The van der Waals surface area contributed by atoms with Crippen molar-refractivity contribution in [2.24, 2.45) is 7.05 Å². The van der Waals surface area contributed by atoms with Gasteiger partial charge in [0.05, 0.1) is 6.61 Å². The lowest BCUT2D eigenvalue weighted by atomic mass is 10.5. The van der Waals surface area contributed by atoms with Crippen molar-refractivity contribution in [3.8, 4) is 0 Å². The van der Waals surface area contributed by atoms with Crippen molar-refractivity contribution in [1.82, 2.24) is 9.13 Å². The summed E-state index contributed by atoms with van der Waals surface area (Å²) in [5.41, 5.74) is -1.04. The molecule has 0 saturated heterocycles. The van der Waals surface area contributed by atoms with Crippen molar-refractivity contribution >= 4 is 5.97 Å². The average molecular weight is 212 g/mol. The quantitative estimate of drug-likeness (QED) is 0.609. The molecule has 0 N–H and O–H groups in total. The maximum absolute atomic E-state index is 11.4. The molecule has 0 aliphatic rings. The van der Waals surface area contributed by atoms with E-state index in [1.54, 1.807) is 6.92 Å². The van der Waals surface area contributed by atoms with Crippen LogP contribution in [0, 0.1) is 0 Å². The molecule has 82 valence electrons. The molecule has 1 aromatic rings. The molecule has 0 unspecified atom stereocenters. The number of esters is 1. The molecular weight excluding hydrogens is 200 g/mol. The number of nitrogens with zero attached hydrogens (tertiary/aromatic N) is 2. The van der Waals surface area contributed by atoms with Gasteiger partial charge < -0.3 is 9.30 Å². The molecule has 1 rings (SSSR count). The number of ether oxygens (including phenoxy) is 1. The summed E-state index contributed by atoms with van der Waals surface area (Å²) in [7, 11) is 1.50. The van der Waals surface area contributed by atoms with Crippen LogP contribution in [0.25, 0.3) is 0 Å². The summed E-state index contributed by atoms with van der Waals surface area (Å²) in [5.74, 6) is -0.595. The van der Waals surface area contributed by atoms with Gasteiger partial charge in [0.2, 0.25) is 0 Å². The van der Waals surface area contributed by atoms with E-state index in [0.717, 1.165) is 4.57 Å². The van der Waals surface area contributed by atoms with Gasteiger partial charge in [-0.05, 0) is 6.92 Å². The molecule has 0 spiro atoms. The van der Waals surface area contributed by atoms with E-state index < -0.39 is 17.2 Å². The number of hydrogen-bond acceptors (Lipinski definition) is 4. The fraction of sp³-hybridized carbons (Fsp3) is 0.444.